The second-order valence-corrected chi connectivity index (χ2v) is 9.75. The van der Waals surface area contributed by atoms with Crippen LogP contribution in [0, 0.1) is 0 Å². The van der Waals surface area contributed by atoms with Crippen molar-refractivity contribution in [3.05, 3.63) is 41.0 Å². The number of rotatable bonds is 8. The minimum Gasteiger partial charge on any atom is -0.369 e. The van der Waals surface area contributed by atoms with Crippen LogP contribution < -0.4 is 4.90 Å². The van der Waals surface area contributed by atoms with Gasteiger partial charge in [0.05, 0.1) is 5.56 Å². The Kier molecular flexibility index (Phi) is 7.61. The molecule has 1 amide bonds. The van der Waals surface area contributed by atoms with Crippen LogP contribution in [0.15, 0.2) is 35.5 Å². The number of piperazine rings is 1. The van der Waals surface area contributed by atoms with Crippen LogP contribution in [-0.2, 0) is 16.6 Å². The topological polar surface area (TPSA) is 78.8 Å². The van der Waals surface area contributed by atoms with Crippen LogP contribution in [0.2, 0.25) is 5.02 Å². The summed E-state index contributed by atoms with van der Waals surface area (Å²) in [6, 6.07) is 7.51. The molecule has 1 fully saturated rings. The van der Waals surface area contributed by atoms with Crippen LogP contribution in [0.3, 0.4) is 0 Å². The summed E-state index contributed by atoms with van der Waals surface area (Å²) < 4.78 is 29.9. The van der Waals surface area contributed by atoms with Gasteiger partial charge < -0.3 is 9.80 Å². The Balaban J connectivity index is 1.84. The number of amides is 1. The van der Waals surface area contributed by atoms with Crippen molar-refractivity contribution in [1.29, 1.82) is 0 Å². The lowest BCUT2D eigenvalue weighted by Gasteiger charge is -2.35. The van der Waals surface area contributed by atoms with Crippen LogP contribution in [-0.4, -0.2) is 72.6 Å². The second kappa shape index (κ2) is 10.0. The van der Waals surface area contributed by atoms with Gasteiger partial charge in [-0.3, -0.25) is 9.48 Å². The normalized spacial score (nSPS) is 15.3. The maximum absolute atomic E-state index is 13.5. The molecule has 0 unspecified atom stereocenters. The Labute approximate surface area is 189 Å². The number of sulfonamides is 1. The lowest BCUT2D eigenvalue weighted by atomic mass is 10.2. The molecule has 1 aliphatic heterocycles. The van der Waals surface area contributed by atoms with Gasteiger partial charge in [0.15, 0.2) is 0 Å². The summed E-state index contributed by atoms with van der Waals surface area (Å²) in [7, 11) is -3.89. The van der Waals surface area contributed by atoms with Crippen molar-refractivity contribution in [2.24, 2.45) is 0 Å². The quantitative estimate of drug-likeness (QED) is 0.596. The van der Waals surface area contributed by atoms with E-state index < -0.39 is 10.0 Å². The first-order chi connectivity index (χ1) is 14.8. The second-order valence-electron chi connectivity index (χ2n) is 7.46. The van der Waals surface area contributed by atoms with E-state index >= 15 is 0 Å². The minimum absolute atomic E-state index is 0.141. The molecule has 31 heavy (non-hydrogen) atoms. The number of anilines is 1. The highest BCUT2D eigenvalue weighted by Gasteiger charge is 2.35. The predicted molar refractivity (Wildman–Crippen MR) is 122 cm³/mol. The lowest BCUT2D eigenvalue weighted by Crippen LogP contribution is -2.49. The van der Waals surface area contributed by atoms with Gasteiger partial charge in [-0.15, -0.1) is 0 Å². The molecule has 0 saturated carbocycles. The van der Waals surface area contributed by atoms with Crippen molar-refractivity contribution < 1.29 is 13.2 Å². The predicted octanol–water partition coefficient (Wildman–Crippen LogP) is 2.94. The number of aromatic nitrogens is 2. The summed E-state index contributed by atoms with van der Waals surface area (Å²) >= 11 is 5.96. The number of carbonyl (C=O) groups excluding carboxylic acids is 1. The zero-order valence-corrected chi connectivity index (χ0v) is 19.9. The van der Waals surface area contributed by atoms with Crippen LogP contribution in [0.25, 0.3) is 0 Å². The fraction of sp³-hybridized carbons (Fsp3) is 0.524. The molecule has 0 radical (unpaired) electrons. The van der Waals surface area contributed by atoms with Gasteiger partial charge in [0.25, 0.3) is 15.9 Å². The third-order valence-electron chi connectivity index (χ3n) is 5.48. The van der Waals surface area contributed by atoms with Crippen molar-refractivity contribution in [3.8, 4) is 0 Å². The number of benzene rings is 1. The average Bonchev–Trinajstić information content (AvgIpc) is 3.20. The third-order valence-corrected chi connectivity index (χ3v) is 7.56. The minimum atomic E-state index is -3.89. The van der Waals surface area contributed by atoms with E-state index in [0.29, 0.717) is 50.8 Å². The van der Waals surface area contributed by atoms with Gasteiger partial charge in [-0.1, -0.05) is 18.5 Å². The van der Waals surface area contributed by atoms with Crippen molar-refractivity contribution >= 4 is 33.2 Å². The van der Waals surface area contributed by atoms with E-state index in [-0.39, 0.29) is 16.5 Å². The molecule has 2 heterocycles. The molecular formula is C21H30ClN5O3S. The molecule has 3 rings (SSSR count). The Hall–Kier alpha value is -2.10. The Bertz CT molecular complexity index is 995. The number of hydrogen-bond acceptors (Lipinski definition) is 5. The van der Waals surface area contributed by atoms with Crippen LogP contribution in [0.5, 0.6) is 0 Å². The zero-order chi connectivity index (χ0) is 22.6. The summed E-state index contributed by atoms with van der Waals surface area (Å²) in [6.45, 7) is 9.06. The van der Waals surface area contributed by atoms with Crippen LogP contribution >= 0.6 is 11.6 Å². The molecule has 0 atom stereocenters. The van der Waals surface area contributed by atoms with Crippen molar-refractivity contribution in [3.63, 3.8) is 0 Å². The summed E-state index contributed by atoms with van der Waals surface area (Å²) in [5.41, 5.74) is 1.16. The average molecular weight is 468 g/mol. The first-order valence-corrected chi connectivity index (χ1v) is 12.5. The molecule has 1 aromatic heterocycles. The molecule has 1 aromatic carbocycles. The van der Waals surface area contributed by atoms with Crippen LogP contribution in [0.1, 0.15) is 37.6 Å². The summed E-state index contributed by atoms with van der Waals surface area (Å²) in [5, 5.41) is 4.84. The van der Waals surface area contributed by atoms with Gasteiger partial charge in [-0.2, -0.15) is 9.40 Å². The summed E-state index contributed by atoms with van der Waals surface area (Å²) in [4.78, 5) is 16.8. The van der Waals surface area contributed by atoms with E-state index in [1.54, 1.807) is 15.8 Å². The standard InChI is InChI=1S/C21H30ClN5O3S/c1-4-11-26-16-19(21(28)24(5-2)6-3)20(23-26)31(29,30)27-14-12-25(13-15-27)18-9-7-17(22)8-10-18/h7-10,16H,4-6,11-15H2,1-3H3. The fourth-order valence-electron chi connectivity index (χ4n) is 3.73. The monoisotopic (exact) mass is 467 g/mol. The fourth-order valence-corrected chi connectivity index (χ4v) is 5.37. The third kappa shape index (κ3) is 5.05. The molecular weight excluding hydrogens is 438 g/mol. The smallest absolute Gasteiger partial charge is 0.263 e. The van der Waals surface area contributed by atoms with Gasteiger partial charge in [0, 0.05) is 62.7 Å². The zero-order valence-electron chi connectivity index (χ0n) is 18.3. The molecule has 1 aliphatic rings. The van der Waals surface area contributed by atoms with E-state index in [2.05, 4.69) is 10.00 Å². The molecule has 0 N–H and O–H groups in total. The summed E-state index contributed by atoms with van der Waals surface area (Å²) in [6.07, 6.45) is 2.36. The van der Waals surface area contributed by atoms with Gasteiger partial charge in [0.1, 0.15) is 0 Å². The van der Waals surface area contributed by atoms with Crippen LogP contribution in [0.4, 0.5) is 5.69 Å². The number of aryl methyl sites for hydroxylation is 1. The first kappa shape index (κ1) is 23.6. The molecule has 0 bridgehead atoms. The highest BCUT2D eigenvalue weighted by molar-refractivity contribution is 7.89. The van der Waals surface area contributed by atoms with E-state index in [4.69, 9.17) is 11.6 Å². The Morgan fingerprint density at radius 3 is 2.23 bits per heavy atom. The van der Waals surface area contributed by atoms with Gasteiger partial charge in [-0.25, -0.2) is 8.42 Å². The maximum atomic E-state index is 13.5. The highest BCUT2D eigenvalue weighted by atomic mass is 35.5. The van der Waals surface area contributed by atoms with E-state index in [1.807, 2.05) is 45.0 Å². The molecule has 8 nitrogen and oxygen atoms in total. The largest absolute Gasteiger partial charge is 0.369 e. The number of carbonyl (C=O) groups is 1. The van der Waals surface area contributed by atoms with E-state index in [9.17, 15) is 13.2 Å². The van der Waals surface area contributed by atoms with Crippen molar-refractivity contribution in [1.82, 2.24) is 19.0 Å². The molecule has 0 aliphatic carbocycles. The van der Waals surface area contributed by atoms with Gasteiger partial charge >= 0.3 is 0 Å². The van der Waals surface area contributed by atoms with Crippen molar-refractivity contribution in [2.75, 3.05) is 44.2 Å². The Morgan fingerprint density at radius 2 is 1.68 bits per heavy atom. The highest BCUT2D eigenvalue weighted by Crippen LogP contribution is 2.24. The van der Waals surface area contributed by atoms with E-state index in [0.717, 1.165) is 12.1 Å². The molecule has 0 spiro atoms. The number of halogens is 1. The van der Waals surface area contributed by atoms with E-state index in [1.165, 1.54) is 4.31 Å². The summed E-state index contributed by atoms with van der Waals surface area (Å²) in [5.74, 6) is -0.300. The molecule has 1 saturated heterocycles. The SMILES string of the molecule is CCCn1cc(C(=O)N(CC)CC)c(S(=O)(=O)N2CCN(c3ccc(Cl)cc3)CC2)n1. The number of hydrogen-bond donors (Lipinski definition) is 0. The Morgan fingerprint density at radius 1 is 1.06 bits per heavy atom. The lowest BCUT2D eigenvalue weighted by molar-refractivity contribution is 0.0769. The molecule has 2 aromatic rings. The van der Waals surface area contributed by atoms with Crippen molar-refractivity contribution in [2.45, 2.75) is 38.8 Å². The molecule has 170 valence electrons. The molecule has 10 heteroatoms. The van der Waals surface area contributed by atoms with Gasteiger partial charge in [0.2, 0.25) is 5.03 Å². The first-order valence-electron chi connectivity index (χ1n) is 10.7. The number of nitrogens with zero attached hydrogens (tertiary/aromatic N) is 5. The maximum Gasteiger partial charge on any atom is 0.263 e. The van der Waals surface area contributed by atoms with Gasteiger partial charge in [-0.05, 0) is 44.5 Å².